The van der Waals surface area contributed by atoms with Crippen molar-refractivity contribution in [2.45, 2.75) is 26.3 Å². The van der Waals surface area contributed by atoms with E-state index in [1.165, 1.54) is 0 Å². The van der Waals surface area contributed by atoms with E-state index in [1.807, 2.05) is 24.3 Å². The maximum absolute atomic E-state index is 6.14. The Labute approximate surface area is 109 Å². The van der Waals surface area contributed by atoms with Crippen LogP contribution in [-0.2, 0) is 6.54 Å². The van der Waals surface area contributed by atoms with Gasteiger partial charge in [-0.05, 0) is 25.5 Å². The molecule has 0 aromatic heterocycles. The summed E-state index contributed by atoms with van der Waals surface area (Å²) in [5, 5.41) is 4.02. The van der Waals surface area contributed by atoms with Crippen molar-refractivity contribution in [3.63, 3.8) is 0 Å². The third-order valence-electron chi connectivity index (χ3n) is 2.36. The smallest absolute Gasteiger partial charge is 0.142 e. The molecule has 0 fully saturated rings. The Bertz CT molecular complexity index is 352. The molecular formula is C14H20ClNO. The number of benzene rings is 1. The van der Waals surface area contributed by atoms with Gasteiger partial charge in [-0.1, -0.05) is 36.7 Å². The van der Waals surface area contributed by atoms with Crippen LogP contribution in [0.15, 0.2) is 30.9 Å². The first kappa shape index (κ1) is 14.1. The molecule has 0 atom stereocenters. The fourth-order valence-corrected chi connectivity index (χ4v) is 1.75. The molecule has 1 rings (SSSR count). The molecule has 0 saturated carbocycles. The molecular weight excluding hydrogens is 234 g/mol. The van der Waals surface area contributed by atoms with Gasteiger partial charge in [0.2, 0.25) is 0 Å². The lowest BCUT2D eigenvalue weighted by Crippen LogP contribution is -2.15. The lowest BCUT2D eigenvalue weighted by Gasteiger charge is -2.13. The summed E-state index contributed by atoms with van der Waals surface area (Å²) in [5.41, 5.74) is 1.11. The second kappa shape index (κ2) is 8.15. The van der Waals surface area contributed by atoms with E-state index in [2.05, 4.69) is 18.8 Å². The highest BCUT2D eigenvalue weighted by Gasteiger charge is 2.07. The van der Waals surface area contributed by atoms with E-state index in [4.69, 9.17) is 16.3 Å². The van der Waals surface area contributed by atoms with Gasteiger partial charge in [-0.25, -0.2) is 0 Å². The van der Waals surface area contributed by atoms with Gasteiger partial charge >= 0.3 is 0 Å². The highest BCUT2D eigenvalue weighted by molar-refractivity contribution is 6.32. The van der Waals surface area contributed by atoms with E-state index in [1.54, 1.807) is 0 Å². The fraction of sp³-hybridized carbons (Fsp3) is 0.429. The zero-order valence-corrected chi connectivity index (χ0v) is 11.1. The van der Waals surface area contributed by atoms with Gasteiger partial charge in [0.05, 0.1) is 11.6 Å². The van der Waals surface area contributed by atoms with Gasteiger partial charge in [-0.15, -0.1) is 6.58 Å². The normalized spacial score (nSPS) is 10.2. The number of hydrogen-bond acceptors (Lipinski definition) is 2. The van der Waals surface area contributed by atoms with Crippen LogP contribution >= 0.6 is 11.6 Å². The molecule has 3 heteroatoms. The summed E-state index contributed by atoms with van der Waals surface area (Å²) in [7, 11) is 0. The van der Waals surface area contributed by atoms with Gasteiger partial charge in [-0.2, -0.15) is 0 Å². The zero-order valence-electron chi connectivity index (χ0n) is 10.3. The van der Waals surface area contributed by atoms with Gasteiger partial charge in [-0.3, -0.25) is 0 Å². The van der Waals surface area contributed by atoms with Crippen LogP contribution in [0.3, 0.4) is 0 Å². The van der Waals surface area contributed by atoms with Crippen molar-refractivity contribution in [1.82, 2.24) is 5.32 Å². The van der Waals surface area contributed by atoms with Gasteiger partial charge in [0.1, 0.15) is 5.75 Å². The monoisotopic (exact) mass is 253 g/mol. The minimum Gasteiger partial charge on any atom is -0.491 e. The molecule has 0 bridgehead atoms. The van der Waals surface area contributed by atoms with Crippen molar-refractivity contribution in [2.24, 2.45) is 0 Å². The van der Waals surface area contributed by atoms with Crippen LogP contribution in [0.2, 0.25) is 5.02 Å². The van der Waals surface area contributed by atoms with Crippen LogP contribution in [0.25, 0.3) is 0 Å². The number of nitrogens with one attached hydrogen (secondary N) is 1. The molecule has 0 aliphatic heterocycles. The van der Waals surface area contributed by atoms with Crippen molar-refractivity contribution in [1.29, 1.82) is 0 Å². The van der Waals surface area contributed by atoms with Crippen LogP contribution < -0.4 is 10.1 Å². The SMILES string of the molecule is C=CCCOc1c(Cl)cccc1CNCCC. The molecule has 17 heavy (non-hydrogen) atoms. The first-order valence-electron chi connectivity index (χ1n) is 6.01. The Hall–Kier alpha value is -0.990. The average molecular weight is 254 g/mol. The quantitative estimate of drug-likeness (QED) is 0.562. The predicted molar refractivity (Wildman–Crippen MR) is 73.8 cm³/mol. The molecule has 0 heterocycles. The largest absolute Gasteiger partial charge is 0.491 e. The molecule has 2 nitrogen and oxygen atoms in total. The molecule has 1 N–H and O–H groups in total. The molecule has 0 aliphatic rings. The fourth-order valence-electron chi connectivity index (χ4n) is 1.50. The van der Waals surface area contributed by atoms with Crippen LogP contribution in [0.5, 0.6) is 5.75 Å². The highest BCUT2D eigenvalue weighted by Crippen LogP contribution is 2.28. The van der Waals surface area contributed by atoms with Gasteiger partial charge in [0, 0.05) is 12.1 Å². The summed E-state index contributed by atoms with van der Waals surface area (Å²) in [5.74, 6) is 0.791. The first-order chi connectivity index (χ1) is 8.29. The van der Waals surface area contributed by atoms with Crippen LogP contribution in [0, 0.1) is 0 Å². The van der Waals surface area contributed by atoms with E-state index in [0.29, 0.717) is 11.6 Å². The van der Waals surface area contributed by atoms with Crippen molar-refractivity contribution >= 4 is 11.6 Å². The van der Waals surface area contributed by atoms with Crippen molar-refractivity contribution in [3.05, 3.63) is 41.4 Å². The summed E-state index contributed by atoms with van der Waals surface area (Å²) < 4.78 is 5.70. The van der Waals surface area contributed by atoms with Gasteiger partial charge < -0.3 is 10.1 Å². The Morgan fingerprint density at radius 3 is 3.00 bits per heavy atom. The first-order valence-corrected chi connectivity index (χ1v) is 6.39. The summed E-state index contributed by atoms with van der Waals surface area (Å²) >= 11 is 6.14. The van der Waals surface area contributed by atoms with Gasteiger partial charge in [0.15, 0.2) is 0 Å². The molecule has 1 aromatic rings. The second-order valence-electron chi connectivity index (χ2n) is 3.83. The minimum absolute atomic E-state index is 0.619. The standard InChI is InChI=1S/C14H20ClNO/c1-3-5-10-17-14-12(11-16-9-4-2)7-6-8-13(14)15/h3,6-8,16H,1,4-5,9-11H2,2H3. The van der Waals surface area contributed by atoms with Crippen LogP contribution in [0.4, 0.5) is 0 Å². The summed E-state index contributed by atoms with van der Waals surface area (Å²) in [6.45, 7) is 8.22. The lowest BCUT2D eigenvalue weighted by molar-refractivity contribution is 0.321. The average Bonchev–Trinajstić information content (AvgIpc) is 2.33. The van der Waals surface area contributed by atoms with Crippen molar-refractivity contribution in [2.75, 3.05) is 13.2 Å². The van der Waals surface area contributed by atoms with E-state index in [-0.39, 0.29) is 0 Å². The molecule has 0 saturated heterocycles. The molecule has 94 valence electrons. The lowest BCUT2D eigenvalue weighted by atomic mass is 10.2. The Morgan fingerprint density at radius 1 is 1.47 bits per heavy atom. The molecule has 0 unspecified atom stereocenters. The topological polar surface area (TPSA) is 21.3 Å². The number of ether oxygens (including phenoxy) is 1. The number of rotatable bonds is 8. The Balaban J connectivity index is 2.66. The maximum atomic E-state index is 6.14. The minimum atomic E-state index is 0.619. The zero-order chi connectivity index (χ0) is 12.5. The molecule has 0 radical (unpaired) electrons. The third kappa shape index (κ3) is 4.80. The molecule has 0 amide bonds. The summed E-state index contributed by atoms with van der Waals surface area (Å²) in [6.07, 6.45) is 3.78. The Morgan fingerprint density at radius 2 is 2.29 bits per heavy atom. The summed E-state index contributed by atoms with van der Waals surface area (Å²) in [6, 6.07) is 5.84. The number of para-hydroxylation sites is 1. The molecule has 1 aromatic carbocycles. The Kier molecular flexibility index (Phi) is 6.75. The van der Waals surface area contributed by atoms with E-state index >= 15 is 0 Å². The van der Waals surface area contributed by atoms with Crippen molar-refractivity contribution in [3.8, 4) is 5.75 Å². The highest BCUT2D eigenvalue weighted by atomic mass is 35.5. The number of halogens is 1. The van der Waals surface area contributed by atoms with Gasteiger partial charge in [0.25, 0.3) is 0 Å². The van der Waals surface area contributed by atoms with E-state index < -0.39 is 0 Å². The van der Waals surface area contributed by atoms with Crippen molar-refractivity contribution < 1.29 is 4.74 Å². The predicted octanol–water partition coefficient (Wildman–Crippen LogP) is 3.79. The van der Waals surface area contributed by atoms with E-state index in [9.17, 15) is 0 Å². The second-order valence-corrected chi connectivity index (χ2v) is 4.24. The van der Waals surface area contributed by atoms with Crippen LogP contribution in [0.1, 0.15) is 25.3 Å². The number of hydrogen-bond donors (Lipinski definition) is 1. The molecule has 0 spiro atoms. The summed E-state index contributed by atoms with van der Waals surface area (Å²) in [4.78, 5) is 0. The third-order valence-corrected chi connectivity index (χ3v) is 2.66. The van der Waals surface area contributed by atoms with E-state index in [0.717, 1.165) is 37.2 Å². The molecule has 0 aliphatic carbocycles. The van der Waals surface area contributed by atoms with Crippen LogP contribution in [-0.4, -0.2) is 13.2 Å². The maximum Gasteiger partial charge on any atom is 0.142 e.